The van der Waals surface area contributed by atoms with Crippen molar-refractivity contribution in [1.82, 2.24) is 15.0 Å². The number of ether oxygens (including phenoxy) is 1. The van der Waals surface area contributed by atoms with Gasteiger partial charge in [-0.25, -0.2) is 0 Å². The van der Waals surface area contributed by atoms with Gasteiger partial charge in [0.2, 0.25) is 11.9 Å². The van der Waals surface area contributed by atoms with Crippen LogP contribution in [-0.2, 0) is 0 Å². The van der Waals surface area contributed by atoms with Crippen LogP contribution in [0.2, 0.25) is 0 Å². The van der Waals surface area contributed by atoms with Crippen LogP contribution in [0.3, 0.4) is 0 Å². The third-order valence-electron chi connectivity index (χ3n) is 3.64. The summed E-state index contributed by atoms with van der Waals surface area (Å²) in [5, 5.41) is 6.53. The van der Waals surface area contributed by atoms with Crippen LogP contribution in [0.15, 0.2) is 18.2 Å². The second-order valence-corrected chi connectivity index (χ2v) is 7.02. The number of unbranched alkanes of at least 4 members (excludes halogenated alkanes) is 3. The third kappa shape index (κ3) is 6.64. The van der Waals surface area contributed by atoms with Crippen LogP contribution in [0.4, 0.5) is 17.6 Å². The average Bonchev–Trinajstić information content (AvgIpc) is 2.57. The number of rotatable bonds is 10. The van der Waals surface area contributed by atoms with Crippen molar-refractivity contribution in [3.8, 4) is 6.01 Å². The van der Waals surface area contributed by atoms with Gasteiger partial charge < -0.3 is 15.4 Å². The third-order valence-corrected chi connectivity index (χ3v) is 4.31. The van der Waals surface area contributed by atoms with Crippen LogP contribution in [-0.4, -0.2) is 28.1 Å². The summed E-state index contributed by atoms with van der Waals surface area (Å²) in [6.45, 7) is 7.54. The van der Waals surface area contributed by atoms with E-state index in [0.717, 1.165) is 24.2 Å². The predicted octanol–water partition coefficient (Wildman–Crippen LogP) is 4.92. The molecule has 0 unspecified atom stereocenters. The van der Waals surface area contributed by atoms with Crippen molar-refractivity contribution < 1.29 is 4.74 Å². The predicted molar refractivity (Wildman–Crippen MR) is 111 cm³/mol. The van der Waals surface area contributed by atoms with Crippen molar-refractivity contribution in [2.24, 2.45) is 0 Å². The van der Waals surface area contributed by atoms with E-state index >= 15 is 0 Å². The summed E-state index contributed by atoms with van der Waals surface area (Å²) in [4.78, 5) is 13.1. The molecule has 6 nitrogen and oxygen atoms in total. The number of nitrogens with zero attached hydrogens (tertiary/aromatic N) is 3. The maximum atomic E-state index is 5.48. The standard InChI is InChI=1S/C18H26IN5O/c1-4-6-7-8-11-20-16-22-17(24-18(23-16)25-5-2)21-15-10-9-14(19)12-13(15)3/h9-10,12H,4-8,11H2,1-3H3,(H2,20,21,22,23,24). The summed E-state index contributed by atoms with van der Waals surface area (Å²) in [5.41, 5.74) is 2.11. The Balaban J connectivity index is 2.10. The molecule has 0 spiro atoms. The number of halogens is 1. The van der Waals surface area contributed by atoms with E-state index in [1.165, 1.54) is 22.8 Å². The quantitative estimate of drug-likeness (QED) is 0.392. The minimum Gasteiger partial charge on any atom is -0.464 e. The van der Waals surface area contributed by atoms with E-state index in [9.17, 15) is 0 Å². The van der Waals surface area contributed by atoms with Crippen molar-refractivity contribution in [2.75, 3.05) is 23.8 Å². The molecule has 2 rings (SSSR count). The van der Waals surface area contributed by atoms with Gasteiger partial charge >= 0.3 is 6.01 Å². The fraction of sp³-hybridized carbons (Fsp3) is 0.500. The molecule has 0 atom stereocenters. The van der Waals surface area contributed by atoms with Crippen LogP contribution < -0.4 is 15.4 Å². The molecule has 25 heavy (non-hydrogen) atoms. The Morgan fingerprint density at radius 2 is 1.84 bits per heavy atom. The van der Waals surface area contributed by atoms with E-state index in [1.54, 1.807) is 0 Å². The second-order valence-electron chi connectivity index (χ2n) is 5.77. The molecule has 2 N–H and O–H groups in total. The Morgan fingerprint density at radius 1 is 1.04 bits per heavy atom. The minimum absolute atomic E-state index is 0.333. The van der Waals surface area contributed by atoms with E-state index in [2.05, 4.69) is 68.1 Å². The second kappa shape index (κ2) is 10.4. The van der Waals surface area contributed by atoms with E-state index < -0.39 is 0 Å². The van der Waals surface area contributed by atoms with Gasteiger partial charge in [0.25, 0.3) is 0 Å². The lowest BCUT2D eigenvalue weighted by Gasteiger charge is -2.12. The summed E-state index contributed by atoms with van der Waals surface area (Å²) in [5.74, 6) is 1.03. The Labute approximate surface area is 163 Å². The maximum absolute atomic E-state index is 5.48. The van der Waals surface area contributed by atoms with Gasteiger partial charge in [-0.05, 0) is 66.6 Å². The molecule has 1 aromatic carbocycles. The molecular formula is C18H26IN5O. The van der Waals surface area contributed by atoms with Crippen molar-refractivity contribution in [3.05, 3.63) is 27.3 Å². The number of nitrogens with one attached hydrogen (secondary N) is 2. The molecule has 0 saturated carbocycles. The molecule has 7 heteroatoms. The highest BCUT2D eigenvalue weighted by atomic mass is 127. The molecule has 0 fully saturated rings. The lowest BCUT2D eigenvalue weighted by Crippen LogP contribution is -2.10. The summed E-state index contributed by atoms with van der Waals surface area (Å²) in [6, 6.07) is 6.52. The zero-order valence-corrected chi connectivity index (χ0v) is 17.3. The van der Waals surface area contributed by atoms with Gasteiger partial charge in [0, 0.05) is 15.8 Å². The molecule has 0 aliphatic heterocycles. The van der Waals surface area contributed by atoms with Gasteiger partial charge in [-0.1, -0.05) is 26.2 Å². The van der Waals surface area contributed by atoms with Crippen LogP contribution >= 0.6 is 22.6 Å². The van der Waals surface area contributed by atoms with Gasteiger partial charge in [0.05, 0.1) is 6.61 Å². The van der Waals surface area contributed by atoms with Crippen LogP contribution in [0.1, 0.15) is 45.1 Å². The van der Waals surface area contributed by atoms with E-state index in [4.69, 9.17) is 4.74 Å². The Kier molecular flexibility index (Phi) is 8.17. The number of aryl methyl sites for hydroxylation is 1. The van der Waals surface area contributed by atoms with Crippen LogP contribution in [0, 0.1) is 10.5 Å². The molecule has 1 heterocycles. The first-order chi connectivity index (χ1) is 12.1. The highest BCUT2D eigenvalue weighted by Crippen LogP contribution is 2.22. The van der Waals surface area contributed by atoms with E-state index in [0.29, 0.717) is 24.5 Å². The van der Waals surface area contributed by atoms with Crippen LogP contribution in [0.5, 0.6) is 6.01 Å². The highest BCUT2D eigenvalue weighted by molar-refractivity contribution is 14.1. The number of aromatic nitrogens is 3. The fourth-order valence-electron chi connectivity index (χ4n) is 2.32. The Bertz CT molecular complexity index is 681. The first-order valence-corrected chi connectivity index (χ1v) is 9.86. The number of anilines is 3. The summed E-state index contributed by atoms with van der Waals surface area (Å²) in [7, 11) is 0. The zero-order chi connectivity index (χ0) is 18.1. The summed E-state index contributed by atoms with van der Waals surface area (Å²) in [6.07, 6.45) is 4.79. The number of hydrogen-bond donors (Lipinski definition) is 2. The number of hydrogen-bond acceptors (Lipinski definition) is 6. The van der Waals surface area contributed by atoms with E-state index in [1.807, 2.05) is 19.1 Å². The molecule has 0 amide bonds. The van der Waals surface area contributed by atoms with E-state index in [-0.39, 0.29) is 0 Å². The molecule has 0 aliphatic carbocycles. The monoisotopic (exact) mass is 455 g/mol. The van der Waals surface area contributed by atoms with Crippen LogP contribution in [0.25, 0.3) is 0 Å². The fourth-order valence-corrected chi connectivity index (χ4v) is 2.97. The molecule has 0 aliphatic rings. The largest absolute Gasteiger partial charge is 0.464 e. The minimum atomic E-state index is 0.333. The maximum Gasteiger partial charge on any atom is 0.323 e. The normalized spacial score (nSPS) is 10.6. The summed E-state index contributed by atoms with van der Waals surface area (Å²) < 4.78 is 6.67. The SMILES string of the molecule is CCCCCCNc1nc(Nc2ccc(I)cc2C)nc(OCC)n1. The molecular weight excluding hydrogens is 429 g/mol. The average molecular weight is 455 g/mol. The smallest absolute Gasteiger partial charge is 0.323 e. The highest BCUT2D eigenvalue weighted by Gasteiger charge is 2.09. The van der Waals surface area contributed by atoms with Gasteiger partial charge in [-0.15, -0.1) is 0 Å². The lowest BCUT2D eigenvalue weighted by atomic mass is 10.2. The number of benzene rings is 1. The molecule has 0 bridgehead atoms. The first-order valence-electron chi connectivity index (χ1n) is 8.78. The van der Waals surface area contributed by atoms with Gasteiger partial charge in [-0.2, -0.15) is 15.0 Å². The summed E-state index contributed by atoms with van der Waals surface area (Å²) >= 11 is 2.30. The van der Waals surface area contributed by atoms with Crippen molar-refractivity contribution in [1.29, 1.82) is 0 Å². The van der Waals surface area contributed by atoms with Crippen molar-refractivity contribution >= 4 is 40.2 Å². The van der Waals surface area contributed by atoms with Gasteiger partial charge in [0.15, 0.2) is 0 Å². The topological polar surface area (TPSA) is 72.0 Å². The lowest BCUT2D eigenvalue weighted by molar-refractivity contribution is 0.312. The molecule has 0 radical (unpaired) electrons. The Hall–Kier alpha value is -1.64. The van der Waals surface area contributed by atoms with Crippen molar-refractivity contribution in [2.45, 2.75) is 46.5 Å². The molecule has 1 aromatic heterocycles. The Morgan fingerprint density at radius 3 is 2.56 bits per heavy atom. The zero-order valence-electron chi connectivity index (χ0n) is 15.1. The van der Waals surface area contributed by atoms with Gasteiger partial charge in [0.1, 0.15) is 0 Å². The van der Waals surface area contributed by atoms with Crippen molar-refractivity contribution in [3.63, 3.8) is 0 Å². The molecule has 2 aromatic rings. The molecule has 0 saturated heterocycles. The first kappa shape index (κ1) is 19.7. The molecule has 136 valence electrons. The van der Waals surface area contributed by atoms with Gasteiger partial charge in [-0.3, -0.25) is 0 Å².